The van der Waals surface area contributed by atoms with Crippen molar-refractivity contribution in [3.8, 4) is 0 Å². The van der Waals surface area contributed by atoms with Crippen molar-refractivity contribution in [1.82, 2.24) is 4.98 Å². The molecule has 0 spiro atoms. The molecule has 0 fully saturated rings. The molecule has 100 valence electrons. The number of Topliss-reactive ketones (excluding diaryl/α,β-unsaturated/α-hetero) is 1. The van der Waals surface area contributed by atoms with Crippen molar-refractivity contribution in [2.75, 3.05) is 0 Å². The fourth-order valence-electron chi connectivity index (χ4n) is 2.51. The van der Waals surface area contributed by atoms with E-state index in [1.807, 2.05) is 12.1 Å². The van der Waals surface area contributed by atoms with Gasteiger partial charge in [-0.25, -0.2) is 0 Å². The van der Waals surface area contributed by atoms with Crippen molar-refractivity contribution < 1.29 is 9.72 Å². The van der Waals surface area contributed by atoms with Crippen molar-refractivity contribution in [2.45, 2.75) is 12.3 Å². The van der Waals surface area contributed by atoms with Crippen LogP contribution in [0.1, 0.15) is 27.5 Å². The Bertz CT molecular complexity index is 730. The first-order valence-corrected chi connectivity index (χ1v) is 6.79. The van der Waals surface area contributed by atoms with E-state index in [9.17, 15) is 14.9 Å². The number of pyridine rings is 1. The summed E-state index contributed by atoms with van der Waals surface area (Å²) in [6.07, 6.45) is 1.95. The molecule has 6 heteroatoms. The topological polar surface area (TPSA) is 73.1 Å². The van der Waals surface area contributed by atoms with Crippen LogP contribution in [0.2, 0.25) is 0 Å². The van der Waals surface area contributed by atoms with Crippen LogP contribution < -0.4 is 0 Å². The van der Waals surface area contributed by atoms with Gasteiger partial charge in [0, 0.05) is 22.3 Å². The standard InChI is InChI=1S/C14H9BrN2O3/c15-9-6-12(17(19)20)13(16-7-9)11-5-8-3-1-2-4-10(8)14(11)18/h1-4,6-7,11H,5H2. The number of carbonyl (C=O) groups excluding carboxylic acids is 1. The van der Waals surface area contributed by atoms with Gasteiger partial charge >= 0.3 is 0 Å². The zero-order valence-corrected chi connectivity index (χ0v) is 11.8. The van der Waals surface area contributed by atoms with Crippen molar-refractivity contribution >= 4 is 27.4 Å². The lowest BCUT2D eigenvalue weighted by Crippen LogP contribution is -2.11. The molecule has 0 saturated heterocycles. The van der Waals surface area contributed by atoms with E-state index < -0.39 is 10.8 Å². The molecule has 0 amide bonds. The van der Waals surface area contributed by atoms with Gasteiger partial charge in [0.2, 0.25) is 0 Å². The van der Waals surface area contributed by atoms with E-state index >= 15 is 0 Å². The average molecular weight is 333 g/mol. The minimum absolute atomic E-state index is 0.0986. The molecule has 20 heavy (non-hydrogen) atoms. The third kappa shape index (κ3) is 2.02. The van der Waals surface area contributed by atoms with Gasteiger partial charge in [0.25, 0.3) is 5.69 Å². The number of carbonyl (C=O) groups is 1. The molecule has 1 atom stereocenters. The van der Waals surface area contributed by atoms with Gasteiger partial charge < -0.3 is 0 Å². The quantitative estimate of drug-likeness (QED) is 0.624. The van der Waals surface area contributed by atoms with Gasteiger partial charge in [-0.3, -0.25) is 19.9 Å². The Balaban J connectivity index is 2.09. The second-order valence-electron chi connectivity index (χ2n) is 4.59. The summed E-state index contributed by atoms with van der Waals surface area (Å²) in [7, 11) is 0. The molecule has 1 unspecified atom stereocenters. The smallest absolute Gasteiger partial charge is 0.292 e. The molecular weight excluding hydrogens is 324 g/mol. The lowest BCUT2D eigenvalue weighted by Gasteiger charge is -2.08. The minimum Gasteiger partial charge on any atom is -0.293 e. The van der Waals surface area contributed by atoms with Gasteiger partial charge in [0.05, 0.1) is 10.8 Å². The maximum Gasteiger partial charge on any atom is 0.292 e. The maximum absolute atomic E-state index is 12.4. The highest BCUT2D eigenvalue weighted by atomic mass is 79.9. The van der Waals surface area contributed by atoms with Crippen LogP contribution in [0.5, 0.6) is 0 Å². The van der Waals surface area contributed by atoms with Crippen LogP contribution in [0, 0.1) is 10.1 Å². The average Bonchev–Trinajstić information content (AvgIpc) is 2.76. The van der Waals surface area contributed by atoms with Crippen molar-refractivity contribution in [3.63, 3.8) is 0 Å². The van der Waals surface area contributed by atoms with Crippen molar-refractivity contribution in [1.29, 1.82) is 0 Å². The van der Waals surface area contributed by atoms with Crippen molar-refractivity contribution in [3.05, 3.63) is 67.9 Å². The van der Waals surface area contributed by atoms with Gasteiger partial charge in [-0.05, 0) is 27.9 Å². The zero-order chi connectivity index (χ0) is 14.3. The fraction of sp³-hybridized carbons (Fsp3) is 0.143. The highest BCUT2D eigenvalue weighted by molar-refractivity contribution is 9.10. The number of rotatable bonds is 2. The van der Waals surface area contributed by atoms with Crippen LogP contribution in [0.4, 0.5) is 5.69 Å². The number of halogens is 1. The second kappa shape index (κ2) is 4.79. The van der Waals surface area contributed by atoms with Crippen LogP contribution >= 0.6 is 15.9 Å². The Morgan fingerprint density at radius 2 is 2.10 bits per heavy atom. The Labute approximate surface area is 122 Å². The SMILES string of the molecule is O=C1c2ccccc2CC1c1ncc(Br)cc1[N+](=O)[O-]. The highest BCUT2D eigenvalue weighted by Crippen LogP contribution is 2.37. The van der Waals surface area contributed by atoms with E-state index in [-0.39, 0.29) is 17.2 Å². The van der Waals surface area contributed by atoms with Crippen molar-refractivity contribution in [2.24, 2.45) is 0 Å². The summed E-state index contributed by atoms with van der Waals surface area (Å²) >= 11 is 3.16. The molecule has 1 aliphatic rings. The van der Waals surface area contributed by atoms with E-state index in [0.717, 1.165) is 5.56 Å². The number of hydrogen-bond donors (Lipinski definition) is 0. The van der Waals surface area contributed by atoms with Crippen LogP contribution in [0.3, 0.4) is 0 Å². The summed E-state index contributed by atoms with van der Waals surface area (Å²) in [4.78, 5) is 27.1. The largest absolute Gasteiger partial charge is 0.293 e. The Morgan fingerprint density at radius 1 is 1.35 bits per heavy atom. The molecule has 0 N–H and O–H groups in total. The van der Waals surface area contributed by atoms with Crippen LogP contribution in [0.25, 0.3) is 0 Å². The summed E-state index contributed by atoms with van der Waals surface area (Å²) in [5.74, 6) is -0.667. The summed E-state index contributed by atoms with van der Waals surface area (Å²) in [5, 5.41) is 11.1. The minimum atomic E-state index is -0.569. The molecule has 0 aliphatic heterocycles. The Hall–Kier alpha value is -2.08. The number of hydrogen-bond acceptors (Lipinski definition) is 4. The predicted molar refractivity (Wildman–Crippen MR) is 75.8 cm³/mol. The normalized spacial score (nSPS) is 17.1. The molecule has 1 heterocycles. The summed E-state index contributed by atoms with van der Waals surface area (Å²) < 4.78 is 0.524. The highest BCUT2D eigenvalue weighted by Gasteiger charge is 2.36. The number of aromatic nitrogens is 1. The lowest BCUT2D eigenvalue weighted by atomic mass is 9.99. The second-order valence-corrected chi connectivity index (χ2v) is 5.51. The summed E-state index contributed by atoms with van der Waals surface area (Å²) in [5.41, 5.74) is 1.67. The van der Waals surface area contributed by atoms with E-state index in [0.29, 0.717) is 16.5 Å². The number of nitrogens with zero attached hydrogens (tertiary/aromatic N) is 2. The van der Waals surface area contributed by atoms with Gasteiger partial charge in [-0.2, -0.15) is 0 Å². The van der Waals surface area contributed by atoms with E-state index in [2.05, 4.69) is 20.9 Å². The van der Waals surface area contributed by atoms with E-state index in [1.165, 1.54) is 12.3 Å². The first-order valence-electron chi connectivity index (χ1n) is 6.00. The third-order valence-electron chi connectivity index (χ3n) is 3.41. The fourth-order valence-corrected chi connectivity index (χ4v) is 2.83. The molecule has 3 rings (SSSR count). The van der Waals surface area contributed by atoms with Gasteiger partial charge in [-0.1, -0.05) is 24.3 Å². The molecule has 0 radical (unpaired) electrons. The molecule has 1 aliphatic carbocycles. The van der Waals surface area contributed by atoms with E-state index in [4.69, 9.17) is 0 Å². The lowest BCUT2D eigenvalue weighted by molar-refractivity contribution is -0.386. The van der Waals surface area contributed by atoms with Crippen LogP contribution in [-0.2, 0) is 6.42 Å². The monoisotopic (exact) mass is 332 g/mol. The summed E-state index contributed by atoms with van der Waals surface area (Å²) in [6.45, 7) is 0. The molecule has 0 saturated carbocycles. The molecule has 0 bridgehead atoms. The van der Waals surface area contributed by atoms with Gasteiger partial charge in [0.15, 0.2) is 5.78 Å². The number of benzene rings is 1. The Morgan fingerprint density at radius 3 is 2.80 bits per heavy atom. The molecular formula is C14H9BrN2O3. The Kier molecular flexibility index (Phi) is 3.10. The molecule has 2 aromatic rings. The first kappa shape index (κ1) is 12.9. The molecule has 1 aromatic heterocycles. The summed E-state index contributed by atoms with van der Waals surface area (Å²) in [6, 6.07) is 8.67. The predicted octanol–water partition coefficient (Wildman–Crippen LogP) is 3.27. The van der Waals surface area contributed by atoms with Crippen LogP contribution in [-0.4, -0.2) is 15.7 Å². The number of ketones is 1. The first-order chi connectivity index (χ1) is 9.58. The van der Waals surface area contributed by atoms with Gasteiger partial charge in [0.1, 0.15) is 5.69 Å². The molecule has 1 aromatic carbocycles. The van der Waals surface area contributed by atoms with E-state index in [1.54, 1.807) is 12.1 Å². The number of nitro groups is 1. The zero-order valence-electron chi connectivity index (χ0n) is 10.2. The van der Waals surface area contributed by atoms with Gasteiger partial charge in [-0.15, -0.1) is 0 Å². The maximum atomic E-state index is 12.4. The third-order valence-corrected chi connectivity index (χ3v) is 3.85. The van der Waals surface area contributed by atoms with Crippen LogP contribution in [0.15, 0.2) is 41.0 Å². The number of fused-ring (bicyclic) bond motifs is 1. The molecule has 5 nitrogen and oxygen atoms in total.